The van der Waals surface area contributed by atoms with Crippen LogP contribution in [-0.2, 0) is 0 Å². The van der Waals surface area contributed by atoms with E-state index in [0.29, 0.717) is 22.5 Å². The molecule has 0 amide bonds. The molecule has 0 aliphatic heterocycles. The molecule has 0 radical (unpaired) electrons. The molecule has 0 aliphatic rings. The van der Waals surface area contributed by atoms with Crippen molar-refractivity contribution in [3.05, 3.63) is 99.9 Å². The fraction of sp³-hybridized carbons (Fsp3) is 0.0455. The summed E-state index contributed by atoms with van der Waals surface area (Å²) in [5.74, 6) is -0.599. The lowest BCUT2D eigenvalue weighted by Gasteiger charge is -2.09. The Labute approximate surface area is 165 Å². The van der Waals surface area contributed by atoms with Gasteiger partial charge < -0.3 is 4.40 Å². The first kappa shape index (κ1) is 18.2. The first-order valence-corrected chi connectivity index (χ1v) is 8.83. The standard InChI is InChI=1S/C22H15N3O4/c1-14(26)17-13-21(22(27)15-6-4-7-16(12-15)25(28)29)24-19(17)9-5-10-20(24)18-8-2-3-11-23-18/h2-13H,1H3. The molecule has 1 aromatic carbocycles. The van der Waals surface area contributed by atoms with Crippen LogP contribution in [0.3, 0.4) is 0 Å². The number of aromatic nitrogens is 2. The molecule has 142 valence electrons. The number of benzene rings is 1. The molecule has 7 nitrogen and oxygen atoms in total. The lowest BCUT2D eigenvalue weighted by molar-refractivity contribution is -0.384. The van der Waals surface area contributed by atoms with Crippen LogP contribution in [0, 0.1) is 10.1 Å². The van der Waals surface area contributed by atoms with Gasteiger partial charge in [0, 0.05) is 29.5 Å². The Morgan fingerprint density at radius 3 is 2.48 bits per heavy atom. The van der Waals surface area contributed by atoms with Crippen molar-refractivity contribution < 1.29 is 14.5 Å². The maximum Gasteiger partial charge on any atom is 0.270 e. The molecule has 0 bridgehead atoms. The zero-order valence-corrected chi connectivity index (χ0v) is 15.4. The highest BCUT2D eigenvalue weighted by Gasteiger charge is 2.22. The fourth-order valence-electron chi connectivity index (χ4n) is 3.33. The Kier molecular flexibility index (Phi) is 4.48. The minimum Gasteiger partial charge on any atom is -0.304 e. The zero-order valence-electron chi connectivity index (χ0n) is 15.4. The van der Waals surface area contributed by atoms with Crippen molar-refractivity contribution >= 4 is 22.8 Å². The molecule has 0 aliphatic carbocycles. The second-order valence-electron chi connectivity index (χ2n) is 6.48. The maximum atomic E-state index is 13.3. The van der Waals surface area contributed by atoms with Crippen LogP contribution in [-0.4, -0.2) is 25.9 Å². The Hall–Kier alpha value is -4.13. The number of nitro groups is 1. The average molecular weight is 385 g/mol. The summed E-state index contributed by atoms with van der Waals surface area (Å²) in [5.41, 5.74) is 2.50. The van der Waals surface area contributed by atoms with Gasteiger partial charge in [-0.3, -0.25) is 24.7 Å². The van der Waals surface area contributed by atoms with Crippen molar-refractivity contribution in [1.29, 1.82) is 0 Å². The molecule has 0 atom stereocenters. The SMILES string of the molecule is CC(=O)c1cc(C(=O)c2cccc([N+](=O)[O-])c2)n2c(-c3ccccn3)cccc12. The number of Topliss-reactive ketones (excluding diaryl/α,β-unsaturated/α-hetero) is 1. The predicted molar refractivity (Wildman–Crippen MR) is 107 cm³/mol. The quantitative estimate of drug-likeness (QED) is 0.289. The number of pyridine rings is 2. The molecule has 4 rings (SSSR count). The summed E-state index contributed by atoms with van der Waals surface area (Å²) in [6.07, 6.45) is 1.64. The largest absolute Gasteiger partial charge is 0.304 e. The molecular formula is C22H15N3O4. The number of nitro benzene ring substituents is 1. The second kappa shape index (κ2) is 7.12. The highest BCUT2D eigenvalue weighted by atomic mass is 16.6. The number of rotatable bonds is 5. The Balaban J connectivity index is 1.99. The van der Waals surface area contributed by atoms with Gasteiger partial charge in [0.1, 0.15) is 0 Å². The molecular weight excluding hydrogens is 370 g/mol. The van der Waals surface area contributed by atoms with E-state index in [-0.39, 0.29) is 22.7 Å². The molecule has 4 aromatic rings. The van der Waals surface area contributed by atoms with Gasteiger partial charge in [0.2, 0.25) is 5.78 Å². The van der Waals surface area contributed by atoms with E-state index in [1.807, 2.05) is 18.2 Å². The van der Waals surface area contributed by atoms with Gasteiger partial charge in [-0.05, 0) is 37.3 Å². The summed E-state index contributed by atoms with van der Waals surface area (Å²) < 4.78 is 1.68. The van der Waals surface area contributed by atoms with E-state index in [0.717, 1.165) is 0 Å². The highest BCUT2D eigenvalue weighted by Crippen LogP contribution is 2.27. The lowest BCUT2D eigenvalue weighted by atomic mass is 10.1. The Bertz CT molecular complexity index is 1280. The van der Waals surface area contributed by atoms with Crippen molar-refractivity contribution in [2.75, 3.05) is 0 Å². The minimum absolute atomic E-state index is 0.171. The Morgan fingerprint density at radius 1 is 1.00 bits per heavy atom. The van der Waals surface area contributed by atoms with Gasteiger partial charge in [-0.25, -0.2) is 0 Å². The third-order valence-corrected chi connectivity index (χ3v) is 4.65. The molecule has 0 saturated carbocycles. The van der Waals surface area contributed by atoms with Crippen molar-refractivity contribution in [2.45, 2.75) is 6.92 Å². The number of carbonyl (C=O) groups is 2. The van der Waals surface area contributed by atoms with Gasteiger partial charge in [0.25, 0.3) is 5.69 Å². The van der Waals surface area contributed by atoms with Gasteiger partial charge >= 0.3 is 0 Å². The van der Waals surface area contributed by atoms with Crippen molar-refractivity contribution in [3.8, 4) is 11.4 Å². The van der Waals surface area contributed by atoms with Crippen LogP contribution < -0.4 is 0 Å². The molecule has 7 heteroatoms. The molecule has 3 aromatic heterocycles. The van der Waals surface area contributed by atoms with Crippen molar-refractivity contribution in [2.24, 2.45) is 0 Å². The van der Waals surface area contributed by atoms with Crippen LogP contribution in [0.1, 0.15) is 33.3 Å². The molecule has 0 fully saturated rings. The van der Waals surface area contributed by atoms with Gasteiger partial charge in [-0.15, -0.1) is 0 Å². The normalized spacial score (nSPS) is 10.8. The van der Waals surface area contributed by atoms with Crippen molar-refractivity contribution in [1.82, 2.24) is 9.38 Å². The van der Waals surface area contributed by atoms with E-state index in [9.17, 15) is 19.7 Å². The van der Waals surface area contributed by atoms with Crippen molar-refractivity contribution in [3.63, 3.8) is 0 Å². The summed E-state index contributed by atoms with van der Waals surface area (Å²) in [7, 11) is 0. The van der Waals surface area contributed by atoms with Crippen LogP contribution in [0.2, 0.25) is 0 Å². The molecule has 0 N–H and O–H groups in total. The fourth-order valence-corrected chi connectivity index (χ4v) is 3.33. The first-order chi connectivity index (χ1) is 14.0. The summed E-state index contributed by atoms with van der Waals surface area (Å²) >= 11 is 0. The summed E-state index contributed by atoms with van der Waals surface area (Å²) in [6, 6.07) is 17.9. The van der Waals surface area contributed by atoms with E-state index in [1.54, 1.807) is 28.8 Å². The Morgan fingerprint density at radius 2 is 1.79 bits per heavy atom. The maximum absolute atomic E-state index is 13.3. The predicted octanol–water partition coefficient (Wildman–Crippen LogP) is 4.34. The molecule has 0 spiro atoms. The summed E-state index contributed by atoms with van der Waals surface area (Å²) in [4.78, 5) is 40.4. The highest BCUT2D eigenvalue weighted by molar-refractivity contribution is 6.12. The van der Waals surface area contributed by atoms with Crippen LogP contribution >= 0.6 is 0 Å². The summed E-state index contributed by atoms with van der Waals surface area (Å²) in [5, 5.41) is 11.1. The lowest BCUT2D eigenvalue weighted by Crippen LogP contribution is -2.07. The van der Waals surface area contributed by atoms with E-state index in [2.05, 4.69) is 4.98 Å². The van der Waals surface area contributed by atoms with Crippen LogP contribution in [0.15, 0.2) is 72.9 Å². The summed E-state index contributed by atoms with van der Waals surface area (Å²) in [6.45, 7) is 1.43. The smallest absolute Gasteiger partial charge is 0.270 e. The van der Waals surface area contributed by atoms with Crippen LogP contribution in [0.4, 0.5) is 5.69 Å². The van der Waals surface area contributed by atoms with E-state index < -0.39 is 10.7 Å². The number of hydrogen-bond donors (Lipinski definition) is 0. The number of carbonyl (C=O) groups excluding carboxylic acids is 2. The average Bonchev–Trinajstić information content (AvgIpc) is 3.14. The van der Waals surface area contributed by atoms with E-state index >= 15 is 0 Å². The van der Waals surface area contributed by atoms with E-state index in [1.165, 1.54) is 37.3 Å². The first-order valence-electron chi connectivity index (χ1n) is 8.83. The van der Waals surface area contributed by atoms with Gasteiger partial charge in [-0.1, -0.05) is 24.3 Å². The number of nitrogens with zero attached hydrogens (tertiary/aromatic N) is 3. The molecule has 29 heavy (non-hydrogen) atoms. The molecule has 0 saturated heterocycles. The van der Waals surface area contributed by atoms with Gasteiger partial charge in [0.05, 0.1) is 27.5 Å². The number of hydrogen-bond acceptors (Lipinski definition) is 5. The third kappa shape index (κ3) is 3.19. The number of ketones is 2. The van der Waals surface area contributed by atoms with Crippen LogP contribution in [0.25, 0.3) is 16.9 Å². The zero-order chi connectivity index (χ0) is 20.5. The second-order valence-corrected chi connectivity index (χ2v) is 6.48. The molecule has 0 unspecified atom stereocenters. The van der Waals surface area contributed by atoms with Gasteiger partial charge in [-0.2, -0.15) is 0 Å². The number of non-ortho nitro benzene ring substituents is 1. The molecule has 3 heterocycles. The van der Waals surface area contributed by atoms with E-state index in [4.69, 9.17) is 0 Å². The minimum atomic E-state index is -0.548. The number of fused-ring (bicyclic) bond motifs is 1. The monoisotopic (exact) mass is 385 g/mol. The third-order valence-electron chi connectivity index (χ3n) is 4.65. The van der Waals surface area contributed by atoms with Crippen LogP contribution in [0.5, 0.6) is 0 Å². The van der Waals surface area contributed by atoms with Gasteiger partial charge in [0.15, 0.2) is 5.78 Å². The topological polar surface area (TPSA) is 94.6 Å².